The molecule has 0 N–H and O–H groups in total. The number of rotatable bonds is 6. The van der Waals surface area contributed by atoms with E-state index in [1.54, 1.807) is 0 Å². The van der Waals surface area contributed by atoms with E-state index in [1.165, 1.54) is 18.6 Å². The van der Waals surface area contributed by atoms with E-state index in [4.69, 9.17) is 0 Å². The van der Waals surface area contributed by atoms with E-state index in [2.05, 4.69) is 53.3 Å². The first-order valence-corrected chi connectivity index (χ1v) is 6.51. The monoisotopic (exact) mass is 202 g/mol. The van der Waals surface area contributed by atoms with Crippen LogP contribution in [0, 0.1) is 11.8 Å². The fourth-order valence-corrected chi connectivity index (χ4v) is 2.42. The zero-order valence-electron chi connectivity index (χ0n) is 10.2. The standard InChI is InChI=1S/C12H26S/c1-7-13-12(5,6)9-8-11(4)10(2)3/h10-11H,7-9H2,1-6H3. The summed E-state index contributed by atoms with van der Waals surface area (Å²) < 4.78 is 0.484. The van der Waals surface area contributed by atoms with Crippen LogP contribution in [-0.4, -0.2) is 10.5 Å². The van der Waals surface area contributed by atoms with Crippen molar-refractivity contribution in [3.8, 4) is 0 Å². The van der Waals surface area contributed by atoms with Crippen LogP contribution >= 0.6 is 11.8 Å². The van der Waals surface area contributed by atoms with Gasteiger partial charge in [0.2, 0.25) is 0 Å². The summed E-state index contributed by atoms with van der Waals surface area (Å²) in [7, 11) is 0. The lowest BCUT2D eigenvalue weighted by Crippen LogP contribution is -2.17. The Kier molecular flexibility index (Phi) is 6.11. The van der Waals surface area contributed by atoms with Crippen molar-refractivity contribution >= 4 is 11.8 Å². The van der Waals surface area contributed by atoms with E-state index in [0.29, 0.717) is 4.75 Å². The maximum atomic E-state index is 2.37. The summed E-state index contributed by atoms with van der Waals surface area (Å²) in [5.74, 6) is 2.95. The van der Waals surface area contributed by atoms with E-state index in [0.717, 1.165) is 11.8 Å². The zero-order valence-corrected chi connectivity index (χ0v) is 11.0. The van der Waals surface area contributed by atoms with Crippen molar-refractivity contribution in [1.29, 1.82) is 0 Å². The van der Waals surface area contributed by atoms with Gasteiger partial charge in [0.1, 0.15) is 0 Å². The first-order chi connectivity index (χ1) is 5.89. The summed E-state index contributed by atoms with van der Waals surface area (Å²) in [6.45, 7) is 14.0. The average Bonchev–Trinajstić information content (AvgIpc) is 2.00. The van der Waals surface area contributed by atoms with Crippen LogP contribution in [0.15, 0.2) is 0 Å². The lowest BCUT2D eigenvalue weighted by Gasteiger charge is -2.26. The molecule has 80 valence electrons. The highest BCUT2D eigenvalue weighted by molar-refractivity contribution is 8.00. The summed E-state index contributed by atoms with van der Waals surface area (Å²) in [4.78, 5) is 0. The van der Waals surface area contributed by atoms with Gasteiger partial charge in [0, 0.05) is 4.75 Å². The summed E-state index contributed by atoms with van der Waals surface area (Å²) in [6, 6.07) is 0. The van der Waals surface area contributed by atoms with Crippen LogP contribution in [0.2, 0.25) is 0 Å². The van der Waals surface area contributed by atoms with Crippen LogP contribution in [0.1, 0.15) is 54.4 Å². The molecule has 0 aromatic heterocycles. The maximum absolute atomic E-state index is 2.37. The number of hydrogen-bond donors (Lipinski definition) is 0. The Balaban J connectivity index is 3.73. The van der Waals surface area contributed by atoms with Gasteiger partial charge in [-0.1, -0.05) is 41.5 Å². The van der Waals surface area contributed by atoms with Crippen molar-refractivity contribution in [1.82, 2.24) is 0 Å². The Hall–Kier alpha value is 0.350. The topological polar surface area (TPSA) is 0 Å². The molecule has 13 heavy (non-hydrogen) atoms. The minimum atomic E-state index is 0.484. The molecule has 0 saturated heterocycles. The summed E-state index contributed by atoms with van der Waals surface area (Å²) in [5.41, 5.74) is 0. The van der Waals surface area contributed by atoms with Gasteiger partial charge < -0.3 is 0 Å². The molecule has 1 heteroatoms. The van der Waals surface area contributed by atoms with E-state index in [1.807, 2.05) is 0 Å². The summed E-state index contributed by atoms with van der Waals surface area (Å²) in [6.07, 6.45) is 2.72. The Morgan fingerprint density at radius 1 is 1.15 bits per heavy atom. The molecule has 0 aliphatic heterocycles. The van der Waals surface area contributed by atoms with Gasteiger partial charge in [-0.15, -0.1) is 0 Å². The molecule has 0 nitrogen and oxygen atoms in total. The highest BCUT2D eigenvalue weighted by Gasteiger charge is 2.19. The Morgan fingerprint density at radius 3 is 2.08 bits per heavy atom. The van der Waals surface area contributed by atoms with Crippen LogP contribution in [0.4, 0.5) is 0 Å². The highest BCUT2D eigenvalue weighted by Crippen LogP contribution is 2.31. The third-order valence-corrected chi connectivity index (χ3v) is 4.15. The second-order valence-electron chi connectivity index (χ2n) is 4.95. The average molecular weight is 202 g/mol. The number of thioether (sulfide) groups is 1. The van der Waals surface area contributed by atoms with Crippen molar-refractivity contribution in [2.75, 3.05) is 5.75 Å². The fourth-order valence-electron chi connectivity index (χ4n) is 1.37. The van der Waals surface area contributed by atoms with Crippen LogP contribution in [0.5, 0.6) is 0 Å². The first-order valence-electron chi connectivity index (χ1n) is 5.53. The molecular weight excluding hydrogens is 176 g/mol. The summed E-state index contributed by atoms with van der Waals surface area (Å²) >= 11 is 2.09. The fraction of sp³-hybridized carbons (Fsp3) is 1.00. The highest BCUT2D eigenvalue weighted by atomic mass is 32.2. The molecule has 0 aliphatic carbocycles. The third-order valence-electron chi connectivity index (χ3n) is 2.87. The van der Waals surface area contributed by atoms with Gasteiger partial charge in [0.05, 0.1) is 0 Å². The van der Waals surface area contributed by atoms with E-state index >= 15 is 0 Å². The normalized spacial score (nSPS) is 15.0. The van der Waals surface area contributed by atoms with Crippen LogP contribution < -0.4 is 0 Å². The van der Waals surface area contributed by atoms with Gasteiger partial charge in [0.15, 0.2) is 0 Å². The van der Waals surface area contributed by atoms with Crippen molar-refractivity contribution in [3.63, 3.8) is 0 Å². The van der Waals surface area contributed by atoms with Gasteiger partial charge in [-0.3, -0.25) is 0 Å². The Morgan fingerprint density at radius 2 is 1.69 bits per heavy atom. The van der Waals surface area contributed by atoms with Gasteiger partial charge in [-0.2, -0.15) is 11.8 Å². The van der Waals surface area contributed by atoms with Gasteiger partial charge in [0.25, 0.3) is 0 Å². The van der Waals surface area contributed by atoms with Crippen LogP contribution in [0.25, 0.3) is 0 Å². The lowest BCUT2D eigenvalue weighted by atomic mass is 9.90. The number of hydrogen-bond acceptors (Lipinski definition) is 1. The van der Waals surface area contributed by atoms with E-state index in [9.17, 15) is 0 Å². The largest absolute Gasteiger partial charge is 0.156 e. The molecule has 0 amide bonds. The van der Waals surface area contributed by atoms with Crippen molar-refractivity contribution < 1.29 is 0 Å². The Bertz CT molecular complexity index is 127. The predicted octanol–water partition coefficient (Wildman–Crippen LogP) is 4.59. The zero-order chi connectivity index (χ0) is 10.5. The van der Waals surface area contributed by atoms with Crippen molar-refractivity contribution in [3.05, 3.63) is 0 Å². The molecule has 0 spiro atoms. The molecule has 0 heterocycles. The lowest BCUT2D eigenvalue weighted by molar-refractivity contribution is 0.367. The van der Waals surface area contributed by atoms with Crippen molar-refractivity contribution in [2.24, 2.45) is 11.8 Å². The first kappa shape index (κ1) is 13.4. The second-order valence-corrected chi connectivity index (χ2v) is 6.92. The summed E-state index contributed by atoms with van der Waals surface area (Å²) in [5, 5.41) is 0. The minimum absolute atomic E-state index is 0.484. The molecule has 0 fully saturated rings. The maximum Gasteiger partial charge on any atom is 0.0103 e. The quantitative estimate of drug-likeness (QED) is 0.607. The van der Waals surface area contributed by atoms with Crippen LogP contribution in [0.3, 0.4) is 0 Å². The molecule has 0 aromatic carbocycles. The molecule has 0 saturated carbocycles. The van der Waals surface area contributed by atoms with Gasteiger partial charge in [-0.25, -0.2) is 0 Å². The second kappa shape index (κ2) is 5.95. The van der Waals surface area contributed by atoms with Gasteiger partial charge in [-0.05, 0) is 30.4 Å². The smallest absolute Gasteiger partial charge is 0.0103 e. The molecule has 0 aromatic rings. The predicted molar refractivity (Wildman–Crippen MR) is 65.4 cm³/mol. The van der Waals surface area contributed by atoms with E-state index in [-0.39, 0.29) is 0 Å². The van der Waals surface area contributed by atoms with Crippen LogP contribution in [-0.2, 0) is 0 Å². The molecule has 0 radical (unpaired) electrons. The van der Waals surface area contributed by atoms with E-state index < -0.39 is 0 Å². The molecule has 1 atom stereocenters. The SMILES string of the molecule is CCSC(C)(C)CCC(C)C(C)C. The van der Waals surface area contributed by atoms with Crippen molar-refractivity contribution in [2.45, 2.75) is 59.1 Å². The van der Waals surface area contributed by atoms with Gasteiger partial charge >= 0.3 is 0 Å². The Labute approximate surface area is 88.9 Å². The minimum Gasteiger partial charge on any atom is -0.156 e. The molecule has 1 unspecified atom stereocenters. The molecular formula is C12H26S. The third kappa shape index (κ3) is 6.42. The molecule has 0 rings (SSSR count). The molecule has 0 aliphatic rings. The molecule has 0 bridgehead atoms.